The Bertz CT molecular complexity index is 546. The Hall–Kier alpha value is -1.25. The molecule has 19 heavy (non-hydrogen) atoms. The van der Waals surface area contributed by atoms with Crippen molar-refractivity contribution in [2.45, 2.75) is 43.0 Å². The van der Waals surface area contributed by atoms with Crippen LogP contribution in [-0.2, 0) is 0 Å². The third-order valence-corrected chi connectivity index (χ3v) is 4.49. The van der Waals surface area contributed by atoms with Crippen LogP contribution < -0.4 is 5.73 Å². The zero-order valence-electron chi connectivity index (χ0n) is 11.8. The average Bonchev–Trinajstić information content (AvgIpc) is 2.43. The van der Waals surface area contributed by atoms with Crippen molar-refractivity contribution >= 4 is 11.8 Å². The monoisotopic (exact) mass is 271 g/mol. The van der Waals surface area contributed by atoms with Gasteiger partial charge < -0.3 is 5.73 Å². The van der Waals surface area contributed by atoms with Crippen molar-refractivity contribution in [1.82, 2.24) is 0 Å². The molecule has 2 N–H and O–H groups in total. The first-order chi connectivity index (χ1) is 9.10. The van der Waals surface area contributed by atoms with E-state index in [2.05, 4.69) is 63.2 Å². The standard InChI is InChI=1S/C17H21NS/c1-4-16(18)14-7-9-15(10-8-14)19-17-11-12(2)5-6-13(17)3/h5-11,16H,4,18H2,1-3H3. The summed E-state index contributed by atoms with van der Waals surface area (Å²) >= 11 is 1.82. The van der Waals surface area contributed by atoms with Crippen LogP contribution in [0.25, 0.3) is 0 Å². The van der Waals surface area contributed by atoms with E-state index in [1.807, 2.05) is 11.8 Å². The molecule has 0 spiro atoms. The molecule has 2 rings (SSSR count). The van der Waals surface area contributed by atoms with Gasteiger partial charge in [-0.15, -0.1) is 0 Å². The van der Waals surface area contributed by atoms with E-state index in [-0.39, 0.29) is 6.04 Å². The van der Waals surface area contributed by atoms with Crippen LogP contribution in [0.5, 0.6) is 0 Å². The third-order valence-electron chi connectivity index (χ3n) is 3.32. The minimum atomic E-state index is 0.153. The van der Waals surface area contributed by atoms with Crippen molar-refractivity contribution in [1.29, 1.82) is 0 Å². The molecule has 1 atom stereocenters. The first kappa shape index (κ1) is 14.2. The van der Waals surface area contributed by atoms with Gasteiger partial charge in [-0.2, -0.15) is 0 Å². The van der Waals surface area contributed by atoms with Crippen molar-refractivity contribution in [3.05, 3.63) is 59.2 Å². The molecule has 0 aromatic heterocycles. The second-order valence-electron chi connectivity index (χ2n) is 4.95. The Morgan fingerprint density at radius 3 is 2.37 bits per heavy atom. The molecule has 0 radical (unpaired) electrons. The van der Waals surface area contributed by atoms with E-state index in [1.54, 1.807) is 0 Å². The maximum Gasteiger partial charge on any atom is 0.0292 e. The van der Waals surface area contributed by atoms with Gasteiger partial charge in [0.1, 0.15) is 0 Å². The largest absolute Gasteiger partial charge is 0.324 e. The molecule has 100 valence electrons. The van der Waals surface area contributed by atoms with Gasteiger partial charge in [0.25, 0.3) is 0 Å². The lowest BCUT2D eigenvalue weighted by molar-refractivity contribution is 0.698. The number of nitrogens with two attached hydrogens (primary N) is 1. The van der Waals surface area contributed by atoms with Gasteiger partial charge in [-0.3, -0.25) is 0 Å². The quantitative estimate of drug-likeness (QED) is 0.859. The lowest BCUT2D eigenvalue weighted by Gasteiger charge is -2.11. The van der Waals surface area contributed by atoms with Crippen molar-refractivity contribution < 1.29 is 0 Å². The highest BCUT2D eigenvalue weighted by Gasteiger charge is 2.05. The molecule has 0 saturated carbocycles. The molecular formula is C17H21NS. The summed E-state index contributed by atoms with van der Waals surface area (Å²) in [7, 11) is 0. The Morgan fingerprint density at radius 2 is 1.74 bits per heavy atom. The maximum atomic E-state index is 6.03. The zero-order chi connectivity index (χ0) is 13.8. The SMILES string of the molecule is CCC(N)c1ccc(Sc2cc(C)ccc2C)cc1. The van der Waals surface area contributed by atoms with Crippen LogP contribution >= 0.6 is 11.8 Å². The van der Waals surface area contributed by atoms with E-state index in [0.29, 0.717) is 0 Å². The minimum absolute atomic E-state index is 0.153. The molecule has 0 bridgehead atoms. The topological polar surface area (TPSA) is 26.0 Å². The summed E-state index contributed by atoms with van der Waals surface area (Å²) in [5, 5.41) is 0. The molecule has 0 fully saturated rings. The van der Waals surface area contributed by atoms with Crippen LogP contribution in [0, 0.1) is 13.8 Å². The summed E-state index contributed by atoms with van der Waals surface area (Å²) in [6, 6.07) is 15.3. The summed E-state index contributed by atoms with van der Waals surface area (Å²) in [5.41, 5.74) is 9.88. The van der Waals surface area contributed by atoms with E-state index in [4.69, 9.17) is 5.73 Å². The van der Waals surface area contributed by atoms with Crippen molar-refractivity contribution in [3.63, 3.8) is 0 Å². The van der Waals surface area contributed by atoms with E-state index in [0.717, 1.165) is 6.42 Å². The first-order valence-electron chi connectivity index (χ1n) is 6.71. The fourth-order valence-corrected chi connectivity index (χ4v) is 2.96. The number of rotatable bonds is 4. The first-order valence-corrected chi connectivity index (χ1v) is 7.52. The molecule has 2 aromatic rings. The van der Waals surface area contributed by atoms with Crippen molar-refractivity contribution in [2.24, 2.45) is 5.73 Å². The van der Waals surface area contributed by atoms with Gasteiger partial charge in [0, 0.05) is 15.8 Å². The molecule has 0 aliphatic heterocycles. The fourth-order valence-electron chi connectivity index (χ4n) is 1.96. The number of hydrogen-bond acceptors (Lipinski definition) is 2. The number of hydrogen-bond donors (Lipinski definition) is 1. The molecular weight excluding hydrogens is 250 g/mol. The van der Waals surface area contributed by atoms with Crippen LogP contribution in [0.2, 0.25) is 0 Å². The Morgan fingerprint density at radius 1 is 1.05 bits per heavy atom. The van der Waals surface area contributed by atoms with Crippen LogP contribution in [0.1, 0.15) is 36.1 Å². The van der Waals surface area contributed by atoms with Gasteiger partial charge in [-0.1, -0.05) is 43.0 Å². The second-order valence-corrected chi connectivity index (χ2v) is 6.07. The predicted octanol–water partition coefficient (Wildman–Crippen LogP) is 4.86. The van der Waals surface area contributed by atoms with Crippen molar-refractivity contribution in [3.8, 4) is 0 Å². The Kier molecular flexibility index (Phi) is 4.67. The van der Waals surface area contributed by atoms with Crippen LogP contribution in [-0.4, -0.2) is 0 Å². The summed E-state index contributed by atoms with van der Waals surface area (Å²) < 4.78 is 0. The van der Waals surface area contributed by atoms with Crippen LogP contribution in [0.3, 0.4) is 0 Å². The fraction of sp³-hybridized carbons (Fsp3) is 0.294. The van der Waals surface area contributed by atoms with Gasteiger partial charge in [-0.25, -0.2) is 0 Å². The Labute approximate surface area is 120 Å². The van der Waals surface area contributed by atoms with Gasteiger partial charge in [-0.05, 0) is 55.2 Å². The number of benzene rings is 2. The molecule has 0 saturated heterocycles. The van der Waals surface area contributed by atoms with Crippen LogP contribution in [0.4, 0.5) is 0 Å². The average molecular weight is 271 g/mol. The smallest absolute Gasteiger partial charge is 0.0292 e. The zero-order valence-corrected chi connectivity index (χ0v) is 12.6. The van der Waals surface area contributed by atoms with Gasteiger partial charge in [0.05, 0.1) is 0 Å². The maximum absolute atomic E-state index is 6.03. The van der Waals surface area contributed by atoms with E-state index in [9.17, 15) is 0 Å². The van der Waals surface area contributed by atoms with Gasteiger partial charge in [0.2, 0.25) is 0 Å². The summed E-state index contributed by atoms with van der Waals surface area (Å²) in [5.74, 6) is 0. The highest BCUT2D eigenvalue weighted by Crippen LogP contribution is 2.31. The summed E-state index contributed by atoms with van der Waals surface area (Å²) in [6.45, 7) is 6.40. The molecule has 0 aliphatic carbocycles. The molecule has 2 heteroatoms. The molecule has 1 nitrogen and oxygen atoms in total. The minimum Gasteiger partial charge on any atom is -0.324 e. The summed E-state index contributed by atoms with van der Waals surface area (Å²) in [6.07, 6.45) is 0.976. The second kappa shape index (κ2) is 6.27. The lowest BCUT2D eigenvalue weighted by atomic mass is 10.1. The summed E-state index contributed by atoms with van der Waals surface area (Å²) in [4.78, 5) is 2.59. The van der Waals surface area contributed by atoms with Crippen molar-refractivity contribution in [2.75, 3.05) is 0 Å². The van der Waals surface area contributed by atoms with E-state index >= 15 is 0 Å². The molecule has 2 aromatic carbocycles. The highest BCUT2D eigenvalue weighted by atomic mass is 32.2. The van der Waals surface area contributed by atoms with Crippen LogP contribution in [0.15, 0.2) is 52.3 Å². The van der Waals surface area contributed by atoms with E-state index in [1.165, 1.54) is 26.5 Å². The molecule has 0 heterocycles. The predicted molar refractivity (Wildman–Crippen MR) is 83.7 cm³/mol. The molecule has 1 unspecified atom stereocenters. The van der Waals surface area contributed by atoms with E-state index < -0.39 is 0 Å². The third kappa shape index (κ3) is 3.62. The molecule has 0 aliphatic rings. The lowest BCUT2D eigenvalue weighted by Crippen LogP contribution is -2.07. The number of aryl methyl sites for hydroxylation is 2. The Balaban J connectivity index is 2.17. The van der Waals surface area contributed by atoms with Gasteiger partial charge >= 0.3 is 0 Å². The highest BCUT2D eigenvalue weighted by molar-refractivity contribution is 7.99. The molecule has 0 amide bonds. The normalized spacial score (nSPS) is 12.4. The van der Waals surface area contributed by atoms with Gasteiger partial charge in [0.15, 0.2) is 0 Å².